The van der Waals surface area contributed by atoms with Crippen LogP contribution in [-0.4, -0.2) is 17.5 Å². The van der Waals surface area contributed by atoms with Crippen LogP contribution in [0.3, 0.4) is 0 Å². The molecule has 2 heterocycles. The van der Waals surface area contributed by atoms with Crippen molar-refractivity contribution < 1.29 is 9.53 Å². The molecule has 0 aliphatic carbocycles. The van der Waals surface area contributed by atoms with E-state index >= 15 is 0 Å². The van der Waals surface area contributed by atoms with E-state index in [4.69, 9.17) is 16.3 Å². The first-order valence-electron chi connectivity index (χ1n) is 8.32. The van der Waals surface area contributed by atoms with E-state index in [-0.39, 0.29) is 5.91 Å². The molecule has 1 aliphatic rings. The van der Waals surface area contributed by atoms with Crippen LogP contribution in [0, 0.1) is 0 Å². The number of anilines is 1. The summed E-state index contributed by atoms with van der Waals surface area (Å²) in [5.74, 6) is -0.198. The van der Waals surface area contributed by atoms with Gasteiger partial charge in [0.05, 0.1) is 13.2 Å². The van der Waals surface area contributed by atoms with E-state index in [1.165, 1.54) is 0 Å². The Morgan fingerprint density at radius 1 is 1.25 bits per heavy atom. The molecule has 1 amide bonds. The molecule has 0 unspecified atom stereocenters. The van der Waals surface area contributed by atoms with E-state index in [0.717, 1.165) is 47.3 Å². The molecule has 0 bridgehead atoms. The lowest BCUT2D eigenvalue weighted by Crippen LogP contribution is -2.19. The minimum absolute atomic E-state index is 0.198. The summed E-state index contributed by atoms with van der Waals surface area (Å²) in [5.41, 5.74) is 5.31. The number of hydrogen-bond donors (Lipinski definition) is 1. The van der Waals surface area contributed by atoms with E-state index in [1.54, 1.807) is 6.07 Å². The molecule has 2 aromatic rings. The summed E-state index contributed by atoms with van der Waals surface area (Å²) in [4.78, 5) is 17.2. The van der Waals surface area contributed by atoms with E-state index in [0.29, 0.717) is 23.9 Å². The van der Waals surface area contributed by atoms with Crippen LogP contribution in [0.2, 0.25) is 5.02 Å². The van der Waals surface area contributed by atoms with Crippen molar-refractivity contribution in [2.75, 3.05) is 11.9 Å². The number of aryl methyl sites for hydroxylation is 1. The Morgan fingerprint density at radius 3 is 2.83 bits per heavy atom. The maximum Gasteiger partial charge on any atom is 0.274 e. The van der Waals surface area contributed by atoms with Gasteiger partial charge in [-0.25, -0.2) is 4.98 Å². The maximum atomic E-state index is 12.7. The van der Waals surface area contributed by atoms with Crippen LogP contribution in [-0.2, 0) is 30.6 Å². The molecule has 0 radical (unpaired) electrons. The van der Waals surface area contributed by atoms with Gasteiger partial charge in [0.25, 0.3) is 5.91 Å². The number of carbonyl (C=O) groups is 1. The number of aromatic nitrogens is 1. The summed E-state index contributed by atoms with van der Waals surface area (Å²) in [6.07, 6.45) is 2.33. The maximum absolute atomic E-state index is 12.7. The highest BCUT2D eigenvalue weighted by Gasteiger charge is 2.18. The van der Waals surface area contributed by atoms with Gasteiger partial charge in [-0.15, -0.1) is 0 Å². The lowest BCUT2D eigenvalue weighted by Gasteiger charge is -2.18. The van der Waals surface area contributed by atoms with Gasteiger partial charge in [-0.3, -0.25) is 4.79 Å². The van der Waals surface area contributed by atoms with Crippen molar-refractivity contribution in [2.24, 2.45) is 0 Å². The Morgan fingerprint density at radius 2 is 2.08 bits per heavy atom. The molecule has 5 heteroatoms. The largest absolute Gasteiger partial charge is 0.376 e. The standard InChI is InChI=1S/C19H21ClN2O2/c1-3-12-5-7-15(20)14(4-2)18(12)22-19(23)17-8-6-13-11-24-10-9-16(13)21-17/h5-8H,3-4,9-11H2,1-2H3,(H,22,23). The average Bonchev–Trinajstić information content (AvgIpc) is 2.61. The number of rotatable bonds is 4. The molecule has 4 nitrogen and oxygen atoms in total. The first kappa shape index (κ1) is 16.9. The lowest BCUT2D eigenvalue weighted by atomic mass is 10.0. The predicted molar refractivity (Wildman–Crippen MR) is 95.8 cm³/mol. The summed E-state index contributed by atoms with van der Waals surface area (Å²) in [5, 5.41) is 3.71. The van der Waals surface area contributed by atoms with E-state index in [1.807, 2.05) is 25.1 Å². The minimum Gasteiger partial charge on any atom is -0.376 e. The summed E-state index contributed by atoms with van der Waals surface area (Å²) < 4.78 is 5.41. The first-order valence-corrected chi connectivity index (χ1v) is 8.70. The van der Waals surface area contributed by atoms with Gasteiger partial charge in [-0.2, -0.15) is 0 Å². The fraction of sp³-hybridized carbons (Fsp3) is 0.368. The van der Waals surface area contributed by atoms with Crippen LogP contribution in [0.25, 0.3) is 0 Å². The normalized spacial score (nSPS) is 13.5. The average molecular weight is 345 g/mol. The van der Waals surface area contributed by atoms with Gasteiger partial charge in [0.1, 0.15) is 5.69 Å². The van der Waals surface area contributed by atoms with Gasteiger partial charge >= 0.3 is 0 Å². The van der Waals surface area contributed by atoms with Crippen molar-refractivity contribution >= 4 is 23.2 Å². The van der Waals surface area contributed by atoms with Crippen molar-refractivity contribution in [1.82, 2.24) is 4.98 Å². The Hall–Kier alpha value is -1.91. The minimum atomic E-state index is -0.198. The zero-order valence-electron chi connectivity index (χ0n) is 14.0. The van der Waals surface area contributed by atoms with Crippen LogP contribution in [0.5, 0.6) is 0 Å². The topological polar surface area (TPSA) is 51.2 Å². The number of carbonyl (C=O) groups excluding carboxylic acids is 1. The smallest absolute Gasteiger partial charge is 0.274 e. The molecule has 3 rings (SSSR count). The second-order valence-corrected chi connectivity index (χ2v) is 6.23. The third kappa shape index (κ3) is 3.30. The van der Waals surface area contributed by atoms with Crippen LogP contribution < -0.4 is 5.32 Å². The number of pyridine rings is 1. The molecule has 24 heavy (non-hydrogen) atoms. The molecule has 0 spiro atoms. The SMILES string of the molecule is CCc1ccc(Cl)c(CC)c1NC(=O)c1ccc2c(n1)CCOC2. The molecule has 0 saturated carbocycles. The Bertz CT molecular complexity index is 774. The van der Waals surface area contributed by atoms with Gasteiger partial charge in [-0.1, -0.05) is 37.6 Å². The summed E-state index contributed by atoms with van der Waals surface area (Å²) in [7, 11) is 0. The lowest BCUT2D eigenvalue weighted by molar-refractivity contribution is 0.101. The van der Waals surface area contributed by atoms with E-state index < -0.39 is 0 Å². The van der Waals surface area contributed by atoms with Gasteiger partial charge < -0.3 is 10.1 Å². The van der Waals surface area contributed by atoms with Gasteiger partial charge in [-0.05, 0) is 41.7 Å². The van der Waals surface area contributed by atoms with Crippen LogP contribution >= 0.6 is 11.6 Å². The van der Waals surface area contributed by atoms with Gasteiger partial charge in [0, 0.05) is 22.8 Å². The first-order chi connectivity index (χ1) is 11.6. The van der Waals surface area contributed by atoms with Crippen molar-refractivity contribution in [3.63, 3.8) is 0 Å². The Kier molecular flexibility index (Phi) is 5.17. The summed E-state index contributed by atoms with van der Waals surface area (Å²) in [6.45, 7) is 5.32. The summed E-state index contributed by atoms with van der Waals surface area (Å²) >= 11 is 6.30. The second-order valence-electron chi connectivity index (χ2n) is 5.83. The summed E-state index contributed by atoms with van der Waals surface area (Å²) in [6, 6.07) is 7.54. The van der Waals surface area contributed by atoms with Crippen LogP contribution in [0.4, 0.5) is 5.69 Å². The van der Waals surface area contributed by atoms with E-state index in [2.05, 4.69) is 17.2 Å². The Labute approximate surface area is 147 Å². The third-order valence-electron chi connectivity index (χ3n) is 4.36. The zero-order valence-corrected chi connectivity index (χ0v) is 14.7. The second kappa shape index (κ2) is 7.32. The zero-order chi connectivity index (χ0) is 17.1. The quantitative estimate of drug-likeness (QED) is 0.905. The molecular weight excluding hydrogens is 324 g/mol. The van der Waals surface area contributed by atoms with Crippen molar-refractivity contribution in [3.8, 4) is 0 Å². The molecule has 0 fully saturated rings. The fourth-order valence-corrected chi connectivity index (χ4v) is 3.29. The highest BCUT2D eigenvalue weighted by molar-refractivity contribution is 6.32. The van der Waals surface area contributed by atoms with Crippen LogP contribution in [0.15, 0.2) is 24.3 Å². The number of benzene rings is 1. The molecule has 1 N–H and O–H groups in total. The number of fused-ring (bicyclic) bond motifs is 1. The number of hydrogen-bond acceptors (Lipinski definition) is 3. The van der Waals surface area contributed by atoms with Crippen molar-refractivity contribution in [3.05, 3.63) is 57.4 Å². The molecule has 0 atom stereocenters. The molecule has 126 valence electrons. The highest BCUT2D eigenvalue weighted by atomic mass is 35.5. The van der Waals surface area contributed by atoms with Gasteiger partial charge in [0.2, 0.25) is 0 Å². The number of ether oxygens (including phenoxy) is 1. The van der Waals surface area contributed by atoms with Crippen molar-refractivity contribution in [1.29, 1.82) is 0 Å². The van der Waals surface area contributed by atoms with E-state index in [9.17, 15) is 4.79 Å². The van der Waals surface area contributed by atoms with Gasteiger partial charge in [0.15, 0.2) is 0 Å². The highest BCUT2D eigenvalue weighted by Crippen LogP contribution is 2.30. The number of nitrogens with zero attached hydrogens (tertiary/aromatic N) is 1. The monoisotopic (exact) mass is 344 g/mol. The molecule has 1 aromatic heterocycles. The molecule has 1 aromatic carbocycles. The fourth-order valence-electron chi connectivity index (χ4n) is 3.00. The number of nitrogens with one attached hydrogen (secondary N) is 1. The number of halogens is 1. The predicted octanol–water partition coefficient (Wildman–Crippen LogP) is 4.18. The Balaban J connectivity index is 1.91. The molecule has 0 saturated heterocycles. The third-order valence-corrected chi connectivity index (χ3v) is 4.71. The molecule has 1 aliphatic heterocycles. The van der Waals surface area contributed by atoms with Crippen molar-refractivity contribution in [2.45, 2.75) is 39.7 Å². The number of amides is 1. The van der Waals surface area contributed by atoms with Crippen LogP contribution in [0.1, 0.15) is 46.7 Å². The molecular formula is C19H21ClN2O2.